The Morgan fingerprint density at radius 3 is 2.53 bits per heavy atom. The SMILES string of the molecule is Cc1cccc(-n2c(C)cc([C@H]3[C@@H](c4ccccn4)NC(=S)N3CCN(C)C)c2C)c1C. The molecule has 3 aromatic rings. The summed E-state index contributed by atoms with van der Waals surface area (Å²) < 4.78 is 2.39. The van der Waals surface area contributed by atoms with Gasteiger partial charge >= 0.3 is 0 Å². The summed E-state index contributed by atoms with van der Waals surface area (Å²) in [5, 5.41) is 4.37. The first-order valence-electron chi connectivity index (χ1n) is 11.2. The molecule has 5 nitrogen and oxygen atoms in total. The van der Waals surface area contributed by atoms with Crippen molar-refractivity contribution in [2.45, 2.75) is 39.8 Å². The Morgan fingerprint density at radius 1 is 1.06 bits per heavy atom. The fraction of sp³-hybridized carbons (Fsp3) is 0.385. The molecule has 2 atom stereocenters. The Bertz CT molecular complexity index is 1120. The molecular formula is C26H33N5S. The van der Waals surface area contributed by atoms with E-state index >= 15 is 0 Å². The smallest absolute Gasteiger partial charge is 0.170 e. The Balaban J connectivity index is 1.83. The lowest BCUT2D eigenvalue weighted by atomic mass is 9.96. The van der Waals surface area contributed by atoms with Crippen molar-refractivity contribution in [2.24, 2.45) is 0 Å². The zero-order valence-corrected chi connectivity index (χ0v) is 20.7. The van der Waals surface area contributed by atoms with E-state index in [0.717, 1.165) is 23.9 Å². The highest BCUT2D eigenvalue weighted by atomic mass is 32.1. The second-order valence-corrected chi connectivity index (χ2v) is 9.39. The first kappa shape index (κ1) is 22.5. The number of hydrogen-bond acceptors (Lipinski definition) is 3. The molecule has 168 valence electrons. The third-order valence-corrected chi connectivity index (χ3v) is 6.94. The summed E-state index contributed by atoms with van der Waals surface area (Å²) in [6.45, 7) is 10.6. The van der Waals surface area contributed by atoms with Crippen molar-refractivity contribution in [3.05, 3.63) is 82.4 Å². The van der Waals surface area contributed by atoms with Gasteiger partial charge in [0.15, 0.2) is 5.11 Å². The number of aryl methyl sites for hydroxylation is 2. The number of nitrogens with one attached hydrogen (secondary N) is 1. The zero-order valence-electron chi connectivity index (χ0n) is 19.9. The maximum Gasteiger partial charge on any atom is 0.170 e. The summed E-state index contributed by atoms with van der Waals surface area (Å²) in [6.07, 6.45) is 1.86. The molecule has 6 heteroatoms. The number of thiocarbonyl (C=S) groups is 1. The molecule has 1 N–H and O–H groups in total. The van der Waals surface area contributed by atoms with Gasteiger partial charge in [-0.05, 0) is 95.0 Å². The van der Waals surface area contributed by atoms with Crippen LogP contribution in [0.1, 0.15) is 45.9 Å². The number of likely N-dealkylation sites (N-methyl/N-ethyl adjacent to an activating group) is 1. The fourth-order valence-electron chi connectivity index (χ4n) is 4.73. The minimum atomic E-state index is 0.0124. The van der Waals surface area contributed by atoms with Crippen LogP contribution in [0.15, 0.2) is 48.7 Å². The molecule has 3 heterocycles. The molecule has 1 aliphatic heterocycles. The van der Waals surface area contributed by atoms with Crippen molar-refractivity contribution in [1.29, 1.82) is 0 Å². The van der Waals surface area contributed by atoms with E-state index in [1.807, 2.05) is 18.3 Å². The molecule has 0 radical (unpaired) electrons. The lowest BCUT2D eigenvalue weighted by molar-refractivity contribution is 0.277. The van der Waals surface area contributed by atoms with Gasteiger partial charge in [-0.1, -0.05) is 18.2 Å². The van der Waals surface area contributed by atoms with Gasteiger partial charge in [0.1, 0.15) is 0 Å². The standard InChI is InChI=1S/C26H33N5S/c1-17-10-9-12-23(19(17)3)31-18(2)16-21(20(31)4)25-24(22-11-7-8-13-27-22)28-26(32)30(25)15-14-29(5)6/h7-13,16,24-25H,14-15H2,1-6H3,(H,28,32)/t24-,25+/m1/s1. The summed E-state index contributed by atoms with van der Waals surface area (Å²) in [4.78, 5) is 9.22. The van der Waals surface area contributed by atoms with Crippen molar-refractivity contribution < 1.29 is 0 Å². The molecule has 0 spiro atoms. The van der Waals surface area contributed by atoms with Crippen LogP contribution in [0.2, 0.25) is 0 Å². The first-order chi connectivity index (χ1) is 15.3. The molecule has 1 aromatic carbocycles. The number of benzene rings is 1. The molecule has 1 fully saturated rings. The van der Waals surface area contributed by atoms with Gasteiger partial charge in [-0.25, -0.2) is 0 Å². The van der Waals surface area contributed by atoms with Crippen LogP contribution in [-0.4, -0.2) is 51.6 Å². The van der Waals surface area contributed by atoms with Crippen LogP contribution in [0.4, 0.5) is 0 Å². The lowest BCUT2D eigenvalue weighted by Gasteiger charge is -2.29. The topological polar surface area (TPSA) is 36.3 Å². The summed E-state index contributed by atoms with van der Waals surface area (Å²) in [6, 6.07) is 15.1. The number of nitrogens with zero attached hydrogens (tertiary/aromatic N) is 4. The minimum Gasteiger partial charge on any atom is -0.352 e. The highest BCUT2D eigenvalue weighted by Gasteiger charge is 2.41. The van der Waals surface area contributed by atoms with Crippen LogP contribution in [0.3, 0.4) is 0 Å². The van der Waals surface area contributed by atoms with Gasteiger partial charge in [0.2, 0.25) is 0 Å². The largest absolute Gasteiger partial charge is 0.352 e. The highest BCUT2D eigenvalue weighted by Crippen LogP contribution is 2.41. The van der Waals surface area contributed by atoms with E-state index in [1.165, 1.54) is 33.8 Å². The molecule has 0 amide bonds. The summed E-state index contributed by atoms with van der Waals surface area (Å²) in [5.74, 6) is 0. The molecular weight excluding hydrogens is 414 g/mol. The third-order valence-electron chi connectivity index (χ3n) is 6.59. The van der Waals surface area contributed by atoms with Crippen LogP contribution in [0, 0.1) is 27.7 Å². The van der Waals surface area contributed by atoms with Gasteiger partial charge in [-0.3, -0.25) is 4.98 Å². The van der Waals surface area contributed by atoms with E-state index in [1.54, 1.807) is 0 Å². The predicted molar refractivity (Wildman–Crippen MR) is 135 cm³/mol. The molecule has 1 saturated heterocycles. The molecule has 1 aliphatic rings. The summed E-state index contributed by atoms with van der Waals surface area (Å²) >= 11 is 5.82. The molecule has 2 aromatic heterocycles. The van der Waals surface area contributed by atoms with E-state index in [9.17, 15) is 0 Å². The number of aromatic nitrogens is 2. The van der Waals surface area contributed by atoms with Crippen molar-refractivity contribution in [2.75, 3.05) is 27.2 Å². The average molecular weight is 448 g/mol. The van der Waals surface area contributed by atoms with Crippen molar-refractivity contribution in [3.63, 3.8) is 0 Å². The van der Waals surface area contributed by atoms with E-state index < -0.39 is 0 Å². The molecule has 0 bridgehead atoms. The monoisotopic (exact) mass is 447 g/mol. The van der Waals surface area contributed by atoms with Crippen LogP contribution >= 0.6 is 12.2 Å². The van der Waals surface area contributed by atoms with E-state index in [4.69, 9.17) is 12.2 Å². The lowest BCUT2D eigenvalue weighted by Crippen LogP contribution is -2.35. The minimum absolute atomic E-state index is 0.0124. The number of rotatable bonds is 6. The van der Waals surface area contributed by atoms with Gasteiger partial charge < -0.3 is 19.7 Å². The Kier molecular flexibility index (Phi) is 6.35. The van der Waals surface area contributed by atoms with Crippen LogP contribution < -0.4 is 5.32 Å². The summed E-state index contributed by atoms with van der Waals surface area (Å²) in [7, 11) is 4.20. The highest BCUT2D eigenvalue weighted by molar-refractivity contribution is 7.80. The van der Waals surface area contributed by atoms with Gasteiger partial charge in [0, 0.05) is 36.4 Å². The first-order valence-corrected chi connectivity index (χ1v) is 11.6. The second kappa shape index (κ2) is 9.04. The summed E-state index contributed by atoms with van der Waals surface area (Å²) in [5.41, 5.74) is 8.66. The predicted octanol–water partition coefficient (Wildman–Crippen LogP) is 4.64. The molecule has 0 unspecified atom stereocenters. The Hall–Kier alpha value is -2.70. The molecule has 0 aliphatic carbocycles. The van der Waals surface area contributed by atoms with Gasteiger partial charge in [-0.2, -0.15) is 0 Å². The average Bonchev–Trinajstić information content (AvgIpc) is 3.24. The van der Waals surface area contributed by atoms with Crippen molar-refractivity contribution >= 4 is 17.3 Å². The van der Waals surface area contributed by atoms with Crippen LogP contribution in [0.5, 0.6) is 0 Å². The van der Waals surface area contributed by atoms with E-state index in [0.29, 0.717) is 0 Å². The maximum atomic E-state index is 5.82. The quantitative estimate of drug-likeness (QED) is 0.557. The molecule has 32 heavy (non-hydrogen) atoms. The van der Waals surface area contributed by atoms with E-state index in [2.05, 4.69) is 96.8 Å². The van der Waals surface area contributed by atoms with Crippen molar-refractivity contribution in [3.8, 4) is 5.69 Å². The van der Waals surface area contributed by atoms with Crippen LogP contribution in [-0.2, 0) is 0 Å². The van der Waals surface area contributed by atoms with Gasteiger partial charge in [0.05, 0.1) is 17.8 Å². The normalized spacial score (nSPS) is 18.5. The second-order valence-electron chi connectivity index (χ2n) is 9.00. The van der Waals surface area contributed by atoms with Crippen LogP contribution in [0.25, 0.3) is 5.69 Å². The third kappa shape index (κ3) is 4.05. The van der Waals surface area contributed by atoms with Gasteiger partial charge in [-0.15, -0.1) is 0 Å². The zero-order chi connectivity index (χ0) is 23.0. The fourth-order valence-corrected chi connectivity index (χ4v) is 5.06. The van der Waals surface area contributed by atoms with E-state index in [-0.39, 0.29) is 12.1 Å². The number of hydrogen-bond donors (Lipinski definition) is 1. The molecule has 0 saturated carbocycles. The molecule has 4 rings (SSSR count). The van der Waals surface area contributed by atoms with Crippen molar-refractivity contribution in [1.82, 2.24) is 24.7 Å². The number of pyridine rings is 1. The Labute approximate surface area is 197 Å². The van der Waals surface area contributed by atoms with Gasteiger partial charge in [0.25, 0.3) is 0 Å². The maximum absolute atomic E-state index is 5.82. The Morgan fingerprint density at radius 2 is 1.84 bits per heavy atom.